The molecule has 0 saturated heterocycles. The Bertz CT molecular complexity index is 1760. The van der Waals surface area contributed by atoms with Crippen LogP contribution >= 0.6 is 0 Å². The average Bonchev–Trinajstić information content (AvgIpc) is 3.61. The number of rotatable bonds is 4. The average molecular weight is 476 g/mol. The third kappa shape index (κ3) is 2.97. The van der Waals surface area contributed by atoms with E-state index in [-0.39, 0.29) is 5.92 Å². The van der Waals surface area contributed by atoms with Crippen LogP contribution in [0.25, 0.3) is 28.0 Å². The van der Waals surface area contributed by atoms with E-state index in [9.17, 15) is 0 Å². The highest BCUT2D eigenvalue weighted by Gasteiger charge is 2.35. The van der Waals surface area contributed by atoms with E-state index in [1.807, 2.05) is 42.5 Å². The highest BCUT2D eigenvalue weighted by Crippen LogP contribution is 2.51. The van der Waals surface area contributed by atoms with Crippen molar-refractivity contribution in [1.82, 2.24) is 19.6 Å². The number of aromatic nitrogens is 4. The fourth-order valence-electron chi connectivity index (χ4n) is 4.94. The zero-order valence-electron chi connectivity index (χ0n) is 19.5. The van der Waals surface area contributed by atoms with Gasteiger partial charge in [0.05, 0.1) is 26.0 Å². The molecule has 6 aromatic rings. The molecule has 0 aliphatic carbocycles. The molecule has 0 N–H and O–H groups in total. The van der Waals surface area contributed by atoms with Crippen LogP contribution in [0.1, 0.15) is 22.6 Å². The van der Waals surface area contributed by atoms with Crippen LogP contribution in [0.15, 0.2) is 83.7 Å². The lowest BCUT2D eigenvalue weighted by Crippen LogP contribution is -2.15. The first-order chi connectivity index (χ1) is 17.7. The quantitative estimate of drug-likeness (QED) is 0.315. The van der Waals surface area contributed by atoms with Crippen LogP contribution in [-0.4, -0.2) is 33.8 Å². The van der Waals surface area contributed by atoms with Gasteiger partial charge in [0, 0.05) is 16.9 Å². The summed E-state index contributed by atoms with van der Waals surface area (Å²) in [5.41, 5.74) is 3.46. The van der Waals surface area contributed by atoms with Crippen molar-refractivity contribution < 1.29 is 18.6 Å². The SMILES string of the molecule is COc1ccc([C@@H]2c3ccc4ccccc4c3Oc3ncn4nc(-c5ccco5)nc4c32)cc1OC. The molecule has 0 spiro atoms. The predicted octanol–water partition coefficient (Wildman–Crippen LogP) is 5.84. The summed E-state index contributed by atoms with van der Waals surface area (Å²) < 4.78 is 24.8. The molecule has 7 rings (SSSR count). The first kappa shape index (κ1) is 20.5. The first-order valence-corrected chi connectivity index (χ1v) is 11.5. The van der Waals surface area contributed by atoms with Gasteiger partial charge in [0.1, 0.15) is 12.1 Å². The molecule has 0 bridgehead atoms. The Morgan fingerprint density at radius 1 is 0.917 bits per heavy atom. The molecular weight excluding hydrogens is 456 g/mol. The number of hydrogen-bond acceptors (Lipinski definition) is 7. The van der Waals surface area contributed by atoms with E-state index in [4.69, 9.17) is 23.6 Å². The number of furan rings is 1. The zero-order chi connectivity index (χ0) is 24.2. The van der Waals surface area contributed by atoms with E-state index in [2.05, 4.69) is 34.3 Å². The highest BCUT2D eigenvalue weighted by molar-refractivity contribution is 5.91. The minimum absolute atomic E-state index is 0.238. The fourth-order valence-corrected chi connectivity index (χ4v) is 4.94. The molecule has 1 aliphatic rings. The summed E-state index contributed by atoms with van der Waals surface area (Å²) in [6.07, 6.45) is 3.22. The van der Waals surface area contributed by atoms with E-state index < -0.39 is 0 Å². The van der Waals surface area contributed by atoms with Crippen molar-refractivity contribution >= 4 is 16.4 Å². The Labute approximate surface area is 205 Å². The van der Waals surface area contributed by atoms with Gasteiger partial charge in [-0.2, -0.15) is 0 Å². The molecule has 1 aliphatic heterocycles. The molecule has 0 radical (unpaired) electrons. The zero-order valence-corrected chi connectivity index (χ0v) is 19.5. The van der Waals surface area contributed by atoms with Crippen LogP contribution in [0, 0.1) is 0 Å². The monoisotopic (exact) mass is 476 g/mol. The minimum Gasteiger partial charge on any atom is -0.493 e. The van der Waals surface area contributed by atoms with Crippen LogP contribution in [-0.2, 0) is 0 Å². The van der Waals surface area contributed by atoms with Crippen molar-refractivity contribution in [2.24, 2.45) is 0 Å². The van der Waals surface area contributed by atoms with Crippen molar-refractivity contribution in [3.63, 3.8) is 0 Å². The number of benzene rings is 3. The molecular formula is C28H20N4O4. The van der Waals surface area contributed by atoms with Crippen LogP contribution in [0.5, 0.6) is 23.1 Å². The van der Waals surface area contributed by atoms with Crippen LogP contribution in [0.2, 0.25) is 0 Å². The number of hydrogen-bond donors (Lipinski definition) is 0. The van der Waals surface area contributed by atoms with Crippen LogP contribution < -0.4 is 14.2 Å². The molecule has 176 valence electrons. The Balaban J connectivity index is 1.53. The van der Waals surface area contributed by atoms with Gasteiger partial charge >= 0.3 is 0 Å². The summed E-state index contributed by atoms with van der Waals surface area (Å²) in [5.74, 6) is 3.39. The van der Waals surface area contributed by atoms with Gasteiger partial charge in [0.25, 0.3) is 0 Å². The maximum absolute atomic E-state index is 6.48. The molecule has 8 nitrogen and oxygen atoms in total. The molecule has 0 unspecified atom stereocenters. The normalized spacial score (nSPS) is 14.3. The number of methoxy groups -OCH3 is 2. The Morgan fingerprint density at radius 2 is 1.81 bits per heavy atom. The molecule has 0 amide bonds. The van der Waals surface area contributed by atoms with E-state index in [1.165, 1.54) is 0 Å². The van der Waals surface area contributed by atoms with Gasteiger partial charge in [-0.25, -0.2) is 14.5 Å². The van der Waals surface area contributed by atoms with E-state index in [1.54, 1.807) is 31.3 Å². The Kier molecular flexibility index (Phi) is 4.47. The predicted molar refractivity (Wildman–Crippen MR) is 133 cm³/mol. The summed E-state index contributed by atoms with van der Waals surface area (Å²) in [6, 6.07) is 22.0. The maximum Gasteiger partial charge on any atom is 0.228 e. The van der Waals surface area contributed by atoms with Gasteiger partial charge in [0.15, 0.2) is 22.9 Å². The third-order valence-corrected chi connectivity index (χ3v) is 6.58. The van der Waals surface area contributed by atoms with Gasteiger partial charge < -0.3 is 18.6 Å². The molecule has 3 aromatic carbocycles. The summed E-state index contributed by atoms with van der Waals surface area (Å²) in [4.78, 5) is 9.49. The molecule has 0 fully saturated rings. The van der Waals surface area contributed by atoms with Crippen LogP contribution in [0.4, 0.5) is 0 Å². The smallest absolute Gasteiger partial charge is 0.228 e. The fraction of sp³-hybridized carbons (Fsp3) is 0.107. The van der Waals surface area contributed by atoms with Gasteiger partial charge in [0.2, 0.25) is 11.7 Å². The van der Waals surface area contributed by atoms with E-state index >= 15 is 0 Å². The molecule has 8 heteroatoms. The van der Waals surface area contributed by atoms with E-state index in [0.717, 1.165) is 33.2 Å². The van der Waals surface area contributed by atoms with Crippen molar-refractivity contribution in [3.8, 4) is 34.7 Å². The summed E-state index contributed by atoms with van der Waals surface area (Å²) >= 11 is 0. The van der Waals surface area contributed by atoms with Crippen molar-refractivity contribution in [2.75, 3.05) is 14.2 Å². The van der Waals surface area contributed by atoms with Crippen LogP contribution in [0.3, 0.4) is 0 Å². The van der Waals surface area contributed by atoms with Gasteiger partial charge in [-0.15, -0.1) is 5.10 Å². The lowest BCUT2D eigenvalue weighted by molar-refractivity contribution is 0.354. The second kappa shape index (κ2) is 7.84. The first-order valence-electron chi connectivity index (χ1n) is 11.5. The van der Waals surface area contributed by atoms with E-state index in [0.29, 0.717) is 34.6 Å². The standard InChI is InChI=1S/C28H20N4O4/c1-33-20-12-10-17(14-22(20)34-2)23-19-11-9-16-6-3-4-7-18(16)25(19)36-28-24(23)27-30-26(21-8-5-13-35-21)31-32(27)15-29-28/h3-15,23H,1-2H3/t23-/m1/s1. The van der Waals surface area contributed by atoms with Crippen molar-refractivity contribution in [2.45, 2.75) is 5.92 Å². The van der Waals surface area contributed by atoms with Gasteiger partial charge in [-0.3, -0.25) is 0 Å². The topological polar surface area (TPSA) is 83.9 Å². The third-order valence-electron chi connectivity index (χ3n) is 6.58. The highest BCUT2D eigenvalue weighted by atomic mass is 16.5. The molecule has 36 heavy (non-hydrogen) atoms. The second-order valence-electron chi connectivity index (χ2n) is 8.50. The lowest BCUT2D eigenvalue weighted by Gasteiger charge is -2.29. The lowest BCUT2D eigenvalue weighted by atomic mass is 9.82. The number of fused-ring (bicyclic) bond motifs is 6. The van der Waals surface area contributed by atoms with Crippen molar-refractivity contribution in [3.05, 3.63) is 96.0 Å². The Hall–Kier alpha value is -4.85. The van der Waals surface area contributed by atoms with Gasteiger partial charge in [-0.05, 0) is 35.2 Å². The molecule has 4 heterocycles. The summed E-state index contributed by atoms with van der Waals surface area (Å²) in [6.45, 7) is 0. The molecule has 1 atom stereocenters. The Morgan fingerprint density at radius 3 is 2.64 bits per heavy atom. The maximum atomic E-state index is 6.48. The summed E-state index contributed by atoms with van der Waals surface area (Å²) in [7, 11) is 3.26. The van der Waals surface area contributed by atoms with Crippen molar-refractivity contribution in [1.29, 1.82) is 0 Å². The molecule has 3 aromatic heterocycles. The number of nitrogens with zero attached hydrogens (tertiary/aromatic N) is 4. The summed E-state index contributed by atoms with van der Waals surface area (Å²) in [5, 5.41) is 6.72. The largest absolute Gasteiger partial charge is 0.493 e. The minimum atomic E-state index is -0.238. The molecule has 0 saturated carbocycles. The number of ether oxygens (including phenoxy) is 3. The van der Waals surface area contributed by atoms with Gasteiger partial charge in [-0.1, -0.05) is 42.5 Å². The second-order valence-corrected chi connectivity index (χ2v) is 8.50.